The van der Waals surface area contributed by atoms with Crippen molar-refractivity contribution in [2.24, 2.45) is 16.7 Å². The summed E-state index contributed by atoms with van der Waals surface area (Å²) in [6.45, 7) is 11.8. The second-order valence-corrected chi connectivity index (χ2v) is 8.33. The zero-order chi connectivity index (χ0) is 18.5. The average Bonchev–Trinajstić information content (AvgIpc) is 2.32. The number of hydrogen-bond acceptors (Lipinski definition) is 2. The van der Waals surface area contributed by atoms with Gasteiger partial charge in [-0.3, -0.25) is 9.59 Å². The van der Waals surface area contributed by atoms with E-state index in [4.69, 9.17) is 0 Å². The van der Waals surface area contributed by atoms with Crippen LogP contribution in [0.4, 0.5) is 13.2 Å². The second kappa shape index (κ2) is 8.15. The molecule has 0 aliphatic rings. The third kappa shape index (κ3) is 9.61. The first-order chi connectivity index (χ1) is 10.1. The van der Waals surface area contributed by atoms with Gasteiger partial charge in [0.1, 0.15) is 5.78 Å². The summed E-state index contributed by atoms with van der Waals surface area (Å²) >= 11 is 0. The number of carbonyl (C=O) groups is 2. The van der Waals surface area contributed by atoms with Crippen LogP contribution >= 0.6 is 0 Å². The summed E-state index contributed by atoms with van der Waals surface area (Å²) in [4.78, 5) is 23.2. The van der Waals surface area contributed by atoms with E-state index in [0.717, 1.165) is 6.42 Å². The van der Waals surface area contributed by atoms with Crippen molar-refractivity contribution in [1.29, 1.82) is 0 Å². The molecule has 0 aromatic carbocycles. The normalized spacial score (nSPS) is 14.5. The van der Waals surface area contributed by atoms with Crippen molar-refractivity contribution in [2.75, 3.05) is 6.54 Å². The van der Waals surface area contributed by atoms with Gasteiger partial charge in [-0.25, -0.2) is 0 Å². The molecule has 136 valence electrons. The van der Waals surface area contributed by atoms with Crippen LogP contribution in [0.1, 0.15) is 67.2 Å². The first-order valence-electron chi connectivity index (χ1n) is 8.04. The van der Waals surface area contributed by atoms with Gasteiger partial charge in [0.05, 0.1) is 0 Å². The van der Waals surface area contributed by atoms with Crippen molar-refractivity contribution < 1.29 is 22.8 Å². The fourth-order valence-electron chi connectivity index (χ4n) is 2.50. The summed E-state index contributed by atoms with van der Waals surface area (Å²) in [5, 5.41) is 1.86. The third-order valence-corrected chi connectivity index (χ3v) is 3.49. The molecule has 23 heavy (non-hydrogen) atoms. The van der Waals surface area contributed by atoms with Crippen LogP contribution in [0.2, 0.25) is 0 Å². The van der Waals surface area contributed by atoms with Crippen molar-refractivity contribution in [3.05, 3.63) is 0 Å². The summed E-state index contributed by atoms with van der Waals surface area (Å²) in [6, 6.07) is 0. The highest BCUT2D eigenvalue weighted by atomic mass is 19.4. The number of rotatable bonds is 7. The number of halogens is 3. The van der Waals surface area contributed by atoms with E-state index >= 15 is 0 Å². The van der Waals surface area contributed by atoms with Crippen LogP contribution in [0.15, 0.2) is 0 Å². The molecule has 3 nitrogen and oxygen atoms in total. The summed E-state index contributed by atoms with van der Waals surface area (Å²) in [6.07, 6.45) is -2.41. The van der Waals surface area contributed by atoms with Crippen molar-refractivity contribution >= 4 is 11.7 Å². The summed E-state index contributed by atoms with van der Waals surface area (Å²) in [5.74, 6) is -1.82. The number of ketones is 1. The van der Waals surface area contributed by atoms with Crippen LogP contribution in [-0.2, 0) is 9.59 Å². The van der Waals surface area contributed by atoms with E-state index in [1.807, 2.05) is 26.1 Å². The number of hydrogen-bond donors (Lipinski definition) is 1. The monoisotopic (exact) mass is 337 g/mol. The predicted octanol–water partition coefficient (Wildman–Crippen LogP) is 4.50. The smallest absolute Gasteiger partial charge is 0.348 e. The lowest BCUT2D eigenvalue weighted by Gasteiger charge is -2.30. The first kappa shape index (κ1) is 21.9. The number of amides is 1. The molecule has 0 fully saturated rings. The zero-order valence-corrected chi connectivity index (χ0v) is 15.1. The fourth-order valence-corrected chi connectivity index (χ4v) is 2.50. The minimum atomic E-state index is -4.84. The molecular weight excluding hydrogens is 307 g/mol. The van der Waals surface area contributed by atoms with E-state index < -0.39 is 17.5 Å². The molecule has 0 rings (SSSR count). The van der Waals surface area contributed by atoms with Gasteiger partial charge in [-0.2, -0.15) is 13.2 Å². The first-order valence-corrected chi connectivity index (χ1v) is 8.04. The molecule has 1 unspecified atom stereocenters. The lowest BCUT2D eigenvalue weighted by Crippen LogP contribution is -2.37. The number of nitrogens with one attached hydrogen (secondary N) is 1. The van der Waals surface area contributed by atoms with Crippen molar-refractivity contribution in [3.8, 4) is 0 Å². The molecule has 0 saturated heterocycles. The number of Topliss-reactive ketones (excluding diaryl/α,β-unsaturated/α-hetero) is 1. The van der Waals surface area contributed by atoms with Crippen LogP contribution in [0.5, 0.6) is 0 Å². The maximum atomic E-state index is 12.5. The highest BCUT2D eigenvalue weighted by Crippen LogP contribution is 2.33. The molecule has 1 amide bonds. The SMILES string of the molecule is CC(C)(C)CC(CCCCNC(=O)C(F)(F)F)C(=O)C(C)(C)C. The molecule has 0 spiro atoms. The lowest BCUT2D eigenvalue weighted by molar-refractivity contribution is -0.173. The van der Waals surface area contributed by atoms with Crippen LogP contribution in [-0.4, -0.2) is 24.4 Å². The molecule has 6 heteroatoms. The van der Waals surface area contributed by atoms with Crippen LogP contribution in [0, 0.1) is 16.7 Å². The molecule has 0 aromatic rings. The van der Waals surface area contributed by atoms with E-state index in [-0.39, 0.29) is 23.7 Å². The maximum Gasteiger partial charge on any atom is 0.471 e. The van der Waals surface area contributed by atoms with Gasteiger partial charge < -0.3 is 5.32 Å². The zero-order valence-electron chi connectivity index (χ0n) is 15.1. The summed E-state index contributed by atoms with van der Waals surface area (Å²) in [5.41, 5.74) is -0.420. The highest BCUT2D eigenvalue weighted by molar-refractivity contribution is 5.86. The second-order valence-electron chi connectivity index (χ2n) is 8.33. The maximum absolute atomic E-state index is 12.5. The Hall–Kier alpha value is -1.07. The fraction of sp³-hybridized carbons (Fsp3) is 0.882. The number of unbranched alkanes of at least 4 members (excludes halogenated alkanes) is 1. The van der Waals surface area contributed by atoms with Gasteiger partial charge in [-0.15, -0.1) is 0 Å². The predicted molar refractivity (Wildman–Crippen MR) is 84.9 cm³/mol. The Morgan fingerprint density at radius 1 is 0.957 bits per heavy atom. The van der Waals surface area contributed by atoms with Crippen molar-refractivity contribution in [1.82, 2.24) is 5.32 Å². The Morgan fingerprint density at radius 2 is 1.48 bits per heavy atom. The van der Waals surface area contributed by atoms with Gasteiger partial charge in [-0.1, -0.05) is 48.0 Å². The molecule has 0 radical (unpaired) electrons. The van der Waals surface area contributed by atoms with Gasteiger partial charge in [0, 0.05) is 17.9 Å². The molecular formula is C17H30F3NO2. The molecule has 0 aliphatic heterocycles. The lowest BCUT2D eigenvalue weighted by atomic mass is 9.74. The van der Waals surface area contributed by atoms with Gasteiger partial charge in [0.2, 0.25) is 0 Å². The van der Waals surface area contributed by atoms with E-state index in [1.165, 1.54) is 0 Å². The Kier molecular flexibility index (Phi) is 7.77. The average molecular weight is 337 g/mol. The van der Waals surface area contributed by atoms with Gasteiger partial charge in [0.15, 0.2) is 0 Å². The standard InChI is InChI=1S/C17H30F3NO2/c1-15(2,3)11-12(13(22)16(4,5)6)9-7-8-10-21-14(23)17(18,19)20/h12H,7-11H2,1-6H3,(H,21,23). The Labute approximate surface area is 137 Å². The number of alkyl halides is 3. The van der Waals surface area contributed by atoms with Crippen LogP contribution in [0.3, 0.4) is 0 Å². The molecule has 0 saturated carbocycles. The van der Waals surface area contributed by atoms with E-state index in [1.54, 1.807) is 0 Å². The summed E-state index contributed by atoms with van der Waals surface area (Å²) < 4.78 is 36.2. The Balaban J connectivity index is 4.42. The van der Waals surface area contributed by atoms with Crippen LogP contribution < -0.4 is 5.32 Å². The quantitative estimate of drug-likeness (QED) is 0.695. The van der Waals surface area contributed by atoms with Crippen molar-refractivity contribution in [3.63, 3.8) is 0 Å². The van der Waals surface area contributed by atoms with Gasteiger partial charge in [-0.05, 0) is 24.7 Å². The van der Waals surface area contributed by atoms with E-state index in [9.17, 15) is 22.8 Å². The van der Waals surface area contributed by atoms with Gasteiger partial charge in [0.25, 0.3) is 0 Å². The van der Waals surface area contributed by atoms with Crippen LogP contribution in [0.25, 0.3) is 0 Å². The highest BCUT2D eigenvalue weighted by Gasteiger charge is 2.38. The van der Waals surface area contributed by atoms with E-state index in [0.29, 0.717) is 19.3 Å². The molecule has 1 atom stereocenters. The molecule has 0 heterocycles. The van der Waals surface area contributed by atoms with Crippen molar-refractivity contribution in [2.45, 2.75) is 73.4 Å². The topological polar surface area (TPSA) is 46.2 Å². The minimum absolute atomic E-state index is 0.01000. The van der Waals surface area contributed by atoms with Gasteiger partial charge >= 0.3 is 12.1 Å². The molecule has 0 bridgehead atoms. The van der Waals surface area contributed by atoms with E-state index in [2.05, 4.69) is 20.8 Å². The summed E-state index contributed by atoms with van der Waals surface area (Å²) in [7, 11) is 0. The number of carbonyl (C=O) groups excluding carboxylic acids is 2. The molecule has 0 aromatic heterocycles. The molecule has 1 N–H and O–H groups in total. The third-order valence-electron chi connectivity index (χ3n) is 3.49. The Bertz CT molecular complexity index is 404. The Morgan fingerprint density at radius 3 is 1.87 bits per heavy atom. The largest absolute Gasteiger partial charge is 0.471 e. The minimum Gasteiger partial charge on any atom is -0.348 e. The molecule has 0 aliphatic carbocycles.